The molecule has 0 bridgehead atoms. The Kier molecular flexibility index (Phi) is 4.73. The average Bonchev–Trinajstić information content (AvgIpc) is 3.31. The average molecular weight is 413 g/mol. The first-order valence-corrected chi connectivity index (χ1v) is 10.1. The molecule has 150 valence electrons. The van der Waals surface area contributed by atoms with Crippen molar-refractivity contribution in [2.75, 3.05) is 13.2 Å². The molecule has 3 aromatic heterocycles. The van der Waals surface area contributed by atoms with E-state index < -0.39 is 0 Å². The molecule has 5 rings (SSSR count). The van der Waals surface area contributed by atoms with Gasteiger partial charge in [0.15, 0.2) is 0 Å². The van der Waals surface area contributed by atoms with Gasteiger partial charge in [0.1, 0.15) is 17.1 Å². The standard InChI is InChI=1S/C21H21ClN4O3/c1-12-6-14(25-29-12)8-20-24-19-10-23-18-3-2-13(22)7-17(18)21(19)26(20)15-4-5-28-16(9-15)11-27/h2-3,6-7,10,15-16,27H,4-5,8-9,11H2,1H3/t15?,16-/m0/s1. The Balaban J connectivity index is 1.72. The Morgan fingerprint density at radius 1 is 1.28 bits per heavy atom. The molecule has 7 nitrogen and oxygen atoms in total. The number of hydrogen-bond acceptors (Lipinski definition) is 6. The fourth-order valence-corrected chi connectivity index (χ4v) is 4.37. The van der Waals surface area contributed by atoms with Crippen LogP contribution in [0.5, 0.6) is 0 Å². The lowest BCUT2D eigenvalue weighted by molar-refractivity contribution is -0.0344. The Hall–Kier alpha value is -2.48. The van der Waals surface area contributed by atoms with E-state index in [-0.39, 0.29) is 18.8 Å². The summed E-state index contributed by atoms with van der Waals surface area (Å²) in [5.41, 5.74) is 3.54. The number of pyridine rings is 1. The van der Waals surface area contributed by atoms with E-state index in [1.54, 1.807) is 0 Å². The van der Waals surface area contributed by atoms with Crippen LogP contribution in [0.25, 0.3) is 21.9 Å². The van der Waals surface area contributed by atoms with Gasteiger partial charge in [-0.05, 0) is 38.0 Å². The maximum atomic E-state index is 9.64. The summed E-state index contributed by atoms with van der Waals surface area (Å²) in [5.74, 6) is 1.67. The first kappa shape index (κ1) is 18.5. The first-order chi connectivity index (χ1) is 14.1. The van der Waals surface area contributed by atoms with E-state index in [2.05, 4.69) is 14.7 Å². The summed E-state index contributed by atoms with van der Waals surface area (Å²) in [5, 5.41) is 15.4. The Bertz CT molecular complexity index is 1190. The van der Waals surface area contributed by atoms with Crippen molar-refractivity contribution in [3.8, 4) is 0 Å². The lowest BCUT2D eigenvalue weighted by atomic mass is 10.0. The first-order valence-electron chi connectivity index (χ1n) is 9.72. The van der Waals surface area contributed by atoms with E-state index >= 15 is 0 Å². The molecule has 1 N–H and O–H groups in total. The largest absolute Gasteiger partial charge is 0.394 e. The van der Waals surface area contributed by atoms with Crippen molar-refractivity contribution in [3.63, 3.8) is 0 Å². The van der Waals surface area contributed by atoms with Gasteiger partial charge in [-0.15, -0.1) is 0 Å². The van der Waals surface area contributed by atoms with Crippen LogP contribution in [0.2, 0.25) is 5.02 Å². The van der Waals surface area contributed by atoms with Gasteiger partial charge in [0.05, 0.1) is 42.1 Å². The zero-order valence-electron chi connectivity index (χ0n) is 16.0. The predicted molar refractivity (Wildman–Crippen MR) is 109 cm³/mol. The molecule has 4 aromatic rings. The zero-order chi connectivity index (χ0) is 20.0. The smallest absolute Gasteiger partial charge is 0.133 e. The molecule has 0 amide bonds. The molecule has 4 heterocycles. The maximum absolute atomic E-state index is 9.64. The van der Waals surface area contributed by atoms with Crippen LogP contribution in [0.3, 0.4) is 0 Å². The van der Waals surface area contributed by atoms with Gasteiger partial charge in [0.25, 0.3) is 0 Å². The number of aryl methyl sites for hydroxylation is 1. The Morgan fingerprint density at radius 2 is 2.17 bits per heavy atom. The van der Waals surface area contributed by atoms with Gasteiger partial charge >= 0.3 is 0 Å². The molecule has 1 aliphatic rings. The van der Waals surface area contributed by atoms with Crippen molar-refractivity contribution in [1.29, 1.82) is 0 Å². The van der Waals surface area contributed by atoms with Crippen LogP contribution >= 0.6 is 11.6 Å². The summed E-state index contributed by atoms with van der Waals surface area (Å²) < 4.78 is 13.2. The quantitative estimate of drug-likeness (QED) is 0.548. The number of rotatable bonds is 4. The normalized spacial score (nSPS) is 20.0. The fourth-order valence-electron chi connectivity index (χ4n) is 4.20. The number of nitrogens with zero attached hydrogens (tertiary/aromatic N) is 4. The number of aromatic nitrogens is 4. The van der Waals surface area contributed by atoms with E-state index in [0.717, 1.165) is 52.1 Å². The van der Waals surface area contributed by atoms with Crippen LogP contribution in [-0.2, 0) is 11.2 Å². The topological polar surface area (TPSA) is 86.2 Å². The molecule has 29 heavy (non-hydrogen) atoms. The molecule has 0 saturated carbocycles. The third kappa shape index (κ3) is 3.39. The lowest BCUT2D eigenvalue weighted by Crippen LogP contribution is -2.30. The van der Waals surface area contributed by atoms with Crippen molar-refractivity contribution in [1.82, 2.24) is 19.7 Å². The molecular formula is C21H21ClN4O3. The van der Waals surface area contributed by atoms with Crippen LogP contribution in [0.4, 0.5) is 0 Å². The van der Waals surface area contributed by atoms with Gasteiger partial charge in [-0.25, -0.2) is 4.98 Å². The monoisotopic (exact) mass is 412 g/mol. The van der Waals surface area contributed by atoms with Crippen molar-refractivity contribution >= 4 is 33.5 Å². The number of aliphatic hydroxyl groups excluding tert-OH is 1. The fraction of sp³-hybridized carbons (Fsp3) is 0.381. The highest BCUT2D eigenvalue weighted by Crippen LogP contribution is 2.35. The number of ether oxygens (including phenoxy) is 1. The highest BCUT2D eigenvalue weighted by Gasteiger charge is 2.28. The molecule has 0 radical (unpaired) electrons. The third-order valence-corrected chi connectivity index (χ3v) is 5.71. The summed E-state index contributed by atoms with van der Waals surface area (Å²) in [6.07, 6.45) is 3.75. The van der Waals surface area contributed by atoms with Crippen molar-refractivity contribution in [2.24, 2.45) is 0 Å². The van der Waals surface area contributed by atoms with Crippen molar-refractivity contribution < 1.29 is 14.4 Å². The number of benzene rings is 1. The second-order valence-electron chi connectivity index (χ2n) is 7.51. The van der Waals surface area contributed by atoms with Crippen LogP contribution in [0.15, 0.2) is 35.0 Å². The van der Waals surface area contributed by atoms with Gasteiger partial charge in [-0.3, -0.25) is 4.98 Å². The molecular weight excluding hydrogens is 392 g/mol. The summed E-state index contributed by atoms with van der Waals surface area (Å²) in [7, 11) is 0. The molecule has 0 aliphatic carbocycles. The lowest BCUT2D eigenvalue weighted by Gasteiger charge is -2.31. The van der Waals surface area contributed by atoms with E-state index in [1.165, 1.54) is 0 Å². The number of imidazole rings is 1. The highest BCUT2D eigenvalue weighted by molar-refractivity contribution is 6.31. The predicted octanol–water partition coefficient (Wildman–Crippen LogP) is 3.84. The number of aliphatic hydroxyl groups is 1. The molecule has 1 aromatic carbocycles. The van der Waals surface area contributed by atoms with Gasteiger partial charge < -0.3 is 18.9 Å². The van der Waals surface area contributed by atoms with Crippen molar-refractivity contribution in [2.45, 2.75) is 38.3 Å². The molecule has 1 fully saturated rings. The van der Waals surface area contributed by atoms with E-state index in [1.807, 2.05) is 37.4 Å². The van der Waals surface area contributed by atoms with E-state index in [9.17, 15) is 5.11 Å². The van der Waals surface area contributed by atoms with Gasteiger partial charge in [0, 0.05) is 29.1 Å². The highest BCUT2D eigenvalue weighted by atomic mass is 35.5. The van der Waals surface area contributed by atoms with E-state index in [0.29, 0.717) is 18.1 Å². The van der Waals surface area contributed by atoms with Gasteiger partial charge in [-0.1, -0.05) is 16.8 Å². The van der Waals surface area contributed by atoms with Gasteiger partial charge in [-0.2, -0.15) is 0 Å². The summed E-state index contributed by atoms with van der Waals surface area (Å²) >= 11 is 6.31. The van der Waals surface area contributed by atoms with Crippen LogP contribution in [0, 0.1) is 6.92 Å². The number of fused-ring (bicyclic) bond motifs is 3. The van der Waals surface area contributed by atoms with Crippen molar-refractivity contribution in [3.05, 3.63) is 52.8 Å². The minimum Gasteiger partial charge on any atom is -0.394 e. The second kappa shape index (κ2) is 7.40. The molecule has 1 aliphatic heterocycles. The minimum atomic E-state index is -0.176. The third-order valence-electron chi connectivity index (χ3n) is 5.48. The van der Waals surface area contributed by atoms with Crippen LogP contribution in [0.1, 0.15) is 36.2 Å². The minimum absolute atomic E-state index is 0.00900. The molecule has 2 atom stereocenters. The van der Waals surface area contributed by atoms with Gasteiger partial charge in [0.2, 0.25) is 0 Å². The Morgan fingerprint density at radius 3 is 2.97 bits per heavy atom. The maximum Gasteiger partial charge on any atom is 0.133 e. The van der Waals surface area contributed by atoms with Crippen LogP contribution < -0.4 is 0 Å². The zero-order valence-corrected chi connectivity index (χ0v) is 16.8. The number of hydrogen-bond donors (Lipinski definition) is 1. The Labute approximate surface area is 172 Å². The summed E-state index contributed by atoms with van der Waals surface area (Å²) in [4.78, 5) is 9.45. The van der Waals surface area contributed by atoms with E-state index in [4.69, 9.17) is 25.8 Å². The molecule has 1 saturated heterocycles. The van der Waals surface area contributed by atoms with Crippen LogP contribution in [-0.4, -0.2) is 44.1 Å². The molecule has 8 heteroatoms. The summed E-state index contributed by atoms with van der Waals surface area (Å²) in [6, 6.07) is 7.79. The second-order valence-corrected chi connectivity index (χ2v) is 7.95. The molecule has 1 unspecified atom stereocenters. The molecule has 0 spiro atoms. The SMILES string of the molecule is Cc1cc(Cc2nc3cnc4ccc(Cl)cc4c3n2C2CCO[C@H](CO)C2)no1. The summed E-state index contributed by atoms with van der Waals surface area (Å²) in [6.45, 7) is 2.49. The number of halogens is 1.